The lowest BCUT2D eigenvalue weighted by molar-refractivity contribution is 0.330. The van der Waals surface area contributed by atoms with Gasteiger partial charge in [0.15, 0.2) is 0 Å². The van der Waals surface area contributed by atoms with Gasteiger partial charge in [-0.3, -0.25) is 4.68 Å². The van der Waals surface area contributed by atoms with Crippen molar-refractivity contribution in [1.82, 2.24) is 14.9 Å². The summed E-state index contributed by atoms with van der Waals surface area (Å²) in [4.78, 5) is 0. The molecular formula is C15H23N3O. The molecule has 0 saturated heterocycles. The van der Waals surface area contributed by atoms with E-state index in [1.807, 2.05) is 24.0 Å². The lowest BCUT2D eigenvalue weighted by atomic mass is 9.88. The lowest BCUT2D eigenvalue weighted by Gasteiger charge is -2.16. The van der Waals surface area contributed by atoms with Crippen LogP contribution in [0.2, 0.25) is 0 Å². The van der Waals surface area contributed by atoms with Crippen molar-refractivity contribution in [3.8, 4) is 11.3 Å². The van der Waals surface area contributed by atoms with Gasteiger partial charge in [0.05, 0.1) is 5.69 Å². The highest BCUT2D eigenvalue weighted by Crippen LogP contribution is 2.33. The van der Waals surface area contributed by atoms with Gasteiger partial charge in [-0.05, 0) is 0 Å². The molecule has 0 aromatic carbocycles. The predicted octanol–water partition coefficient (Wildman–Crippen LogP) is 3.67. The third-order valence-corrected chi connectivity index (χ3v) is 3.06. The molecule has 2 rings (SSSR count). The van der Waals surface area contributed by atoms with Crippen molar-refractivity contribution in [3.63, 3.8) is 0 Å². The number of hydrogen-bond acceptors (Lipinski definition) is 3. The summed E-state index contributed by atoms with van der Waals surface area (Å²) < 4.78 is 7.31. The normalized spacial score (nSPS) is 13.0. The van der Waals surface area contributed by atoms with Crippen molar-refractivity contribution < 1.29 is 4.52 Å². The number of rotatable bonds is 1. The van der Waals surface area contributed by atoms with Crippen LogP contribution in [0.3, 0.4) is 0 Å². The second-order valence-electron chi connectivity index (χ2n) is 7.14. The molecular weight excluding hydrogens is 238 g/mol. The number of nitrogens with zero attached hydrogens (tertiary/aromatic N) is 3. The minimum absolute atomic E-state index is 0.0164. The second-order valence-corrected chi connectivity index (χ2v) is 7.14. The molecule has 0 unspecified atom stereocenters. The molecule has 2 aromatic rings. The molecule has 0 saturated carbocycles. The summed E-state index contributed by atoms with van der Waals surface area (Å²) in [6, 6.07) is 2.02. The van der Waals surface area contributed by atoms with Crippen molar-refractivity contribution in [3.05, 3.63) is 23.7 Å². The summed E-state index contributed by atoms with van der Waals surface area (Å²) in [5.74, 6) is 0.895. The molecule has 2 aromatic heterocycles. The van der Waals surface area contributed by atoms with E-state index >= 15 is 0 Å². The number of hydrogen-bond donors (Lipinski definition) is 0. The summed E-state index contributed by atoms with van der Waals surface area (Å²) in [5, 5.41) is 8.78. The minimum Gasteiger partial charge on any atom is -0.360 e. The van der Waals surface area contributed by atoms with Crippen molar-refractivity contribution in [2.75, 3.05) is 0 Å². The van der Waals surface area contributed by atoms with Crippen molar-refractivity contribution in [2.24, 2.45) is 7.05 Å². The maximum Gasteiger partial charge on any atom is 0.142 e. The van der Waals surface area contributed by atoms with Gasteiger partial charge in [-0.1, -0.05) is 46.7 Å². The molecule has 0 aliphatic rings. The molecule has 0 atom stereocenters. The van der Waals surface area contributed by atoms with Crippen LogP contribution in [0.1, 0.15) is 53.0 Å². The zero-order chi connectivity index (χ0) is 14.4. The average molecular weight is 261 g/mol. The van der Waals surface area contributed by atoms with E-state index in [1.165, 1.54) is 0 Å². The van der Waals surface area contributed by atoms with E-state index < -0.39 is 0 Å². The highest BCUT2D eigenvalue weighted by molar-refractivity contribution is 5.62. The maximum atomic E-state index is 5.47. The summed E-state index contributed by atoms with van der Waals surface area (Å²) in [7, 11) is 1.93. The molecule has 0 radical (unpaired) electrons. The third-order valence-electron chi connectivity index (χ3n) is 3.06. The van der Waals surface area contributed by atoms with E-state index in [0.717, 1.165) is 22.7 Å². The SMILES string of the molecule is Cn1cc(-c2cc(C(C)(C)C)on2)c(C(C)(C)C)n1. The smallest absolute Gasteiger partial charge is 0.142 e. The fourth-order valence-corrected chi connectivity index (χ4v) is 1.99. The van der Waals surface area contributed by atoms with Gasteiger partial charge < -0.3 is 4.52 Å². The largest absolute Gasteiger partial charge is 0.360 e. The Bertz CT molecular complexity index is 579. The van der Waals surface area contributed by atoms with Crippen LogP contribution in [0.4, 0.5) is 0 Å². The molecule has 0 amide bonds. The van der Waals surface area contributed by atoms with E-state index in [4.69, 9.17) is 4.52 Å². The Morgan fingerprint density at radius 2 is 1.68 bits per heavy atom. The highest BCUT2D eigenvalue weighted by Gasteiger charge is 2.26. The molecule has 0 N–H and O–H groups in total. The van der Waals surface area contributed by atoms with Gasteiger partial charge in [-0.2, -0.15) is 5.10 Å². The third kappa shape index (κ3) is 2.72. The Labute approximate surface area is 114 Å². The van der Waals surface area contributed by atoms with Crippen LogP contribution < -0.4 is 0 Å². The van der Waals surface area contributed by atoms with Crippen LogP contribution in [0.25, 0.3) is 11.3 Å². The van der Waals surface area contributed by atoms with E-state index in [-0.39, 0.29) is 10.8 Å². The Morgan fingerprint density at radius 1 is 1.05 bits per heavy atom. The quantitative estimate of drug-likeness (QED) is 0.786. The van der Waals surface area contributed by atoms with Crippen LogP contribution in [0, 0.1) is 0 Å². The Balaban J connectivity index is 2.51. The molecule has 4 nitrogen and oxygen atoms in total. The first-order valence-electron chi connectivity index (χ1n) is 6.61. The summed E-state index contributed by atoms with van der Waals surface area (Å²) >= 11 is 0. The van der Waals surface area contributed by atoms with Gasteiger partial charge in [0, 0.05) is 35.7 Å². The van der Waals surface area contributed by atoms with Gasteiger partial charge in [-0.15, -0.1) is 0 Å². The van der Waals surface area contributed by atoms with E-state index in [1.54, 1.807) is 0 Å². The van der Waals surface area contributed by atoms with Crippen molar-refractivity contribution >= 4 is 0 Å². The molecule has 104 valence electrons. The van der Waals surface area contributed by atoms with Gasteiger partial charge in [-0.25, -0.2) is 0 Å². The van der Waals surface area contributed by atoms with Crippen LogP contribution in [-0.2, 0) is 17.9 Å². The number of aryl methyl sites for hydroxylation is 1. The summed E-state index contributed by atoms with van der Waals surface area (Å²) in [6.07, 6.45) is 2.00. The van der Waals surface area contributed by atoms with Crippen molar-refractivity contribution in [2.45, 2.75) is 52.4 Å². The lowest BCUT2D eigenvalue weighted by Crippen LogP contribution is -2.13. The Kier molecular flexibility index (Phi) is 3.07. The minimum atomic E-state index is -0.0324. The monoisotopic (exact) mass is 261 g/mol. The van der Waals surface area contributed by atoms with Crippen LogP contribution >= 0.6 is 0 Å². The van der Waals surface area contributed by atoms with E-state index in [9.17, 15) is 0 Å². The zero-order valence-electron chi connectivity index (χ0n) is 12.9. The zero-order valence-corrected chi connectivity index (χ0v) is 12.9. The topological polar surface area (TPSA) is 43.9 Å². The van der Waals surface area contributed by atoms with E-state index in [2.05, 4.69) is 51.8 Å². The Morgan fingerprint density at radius 3 is 2.16 bits per heavy atom. The summed E-state index contributed by atoms with van der Waals surface area (Å²) in [6.45, 7) is 12.8. The fourth-order valence-electron chi connectivity index (χ4n) is 1.99. The Hall–Kier alpha value is -1.58. The average Bonchev–Trinajstić information content (AvgIpc) is 2.79. The molecule has 0 aliphatic carbocycles. The second kappa shape index (κ2) is 4.22. The van der Waals surface area contributed by atoms with E-state index in [0.29, 0.717) is 0 Å². The van der Waals surface area contributed by atoms with Crippen molar-refractivity contribution in [1.29, 1.82) is 0 Å². The molecule has 0 bridgehead atoms. The van der Waals surface area contributed by atoms with Crippen LogP contribution in [-0.4, -0.2) is 14.9 Å². The molecule has 4 heteroatoms. The first-order valence-corrected chi connectivity index (χ1v) is 6.61. The maximum absolute atomic E-state index is 5.47. The first kappa shape index (κ1) is 13.8. The van der Waals surface area contributed by atoms with Gasteiger partial charge >= 0.3 is 0 Å². The molecule has 0 fully saturated rings. The standard InChI is InChI=1S/C15H23N3O/c1-14(2,3)12-8-11(17-19-12)10-9-18(7)16-13(10)15(4,5)6/h8-9H,1-7H3. The van der Waals surface area contributed by atoms with Crippen LogP contribution in [0.15, 0.2) is 16.8 Å². The van der Waals surface area contributed by atoms with Crippen LogP contribution in [0.5, 0.6) is 0 Å². The van der Waals surface area contributed by atoms with Gasteiger partial charge in [0.25, 0.3) is 0 Å². The predicted molar refractivity (Wildman–Crippen MR) is 76.1 cm³/mol. The summed E-state index contributed by atoms with van der Waals surface area (Å²) in [5.41, 5.74) is 2.91. The molecule has 0 aliphatic heterocycles. The molecule has 19 heavy (non-hydrogen) atoms. The first-order chi connectivity index (χ1) is 8.59. The highest BCUT2D eigenvalue weighted by atomic mass is 16.5. The van der Waals surface area contributed by atoms with Gasteiger partial charge in [0.1, 0.15) is 11.5 Å². The number of aromatic nitrogens is 3. The molecule has 0 spiro atoms. The molecule has 2 heterocycles. The fraction of sp³-hybridized carbons (Fsp3) is 0.600. The van der Waals surface area contributed by atoms with Gasteiger partial charge in [0.2, 0.25) is 0 Å².